The van der Waals surface area contributed by atoms with E-state index in [1.54, 1.807) is 0 Å². The number of fused-ring (bicyclic) bond motifs is 1. The summed E-state index contributed by atoms with van der Waals surface area (Å²) in [6.45, 7) is 10.7. The molecule has 2 aliphatic heterocycles. The van der Waals surface area contributed by atoms with Crippen molar-refractivity contribution in [3.05, 3.63) is 17.1 Å². The van der Waals surface area contributed by atoms with E-state index in [-0.39, 0.29) is 0 Å². The Morgan fingerprint density at radius 3 is 2.50 bits per heavy atom. The molecule has 1 saturated carbocycles. The first-order valence-corrected chi connectivity index (χ1v) is 10.7. The maximum atomic E-state index is 5.75. The summed E-state index contributed by atoms with van der Waals surface area (Å²) in [5.41, 5.74) is 2.62. The van der Waals surface area contributed by atoms with Crippen LogP contribution >= 0.6 is 0 Å². The van der Waals surface area contributed by atoms with Crippen LogP contribution in [0.4, 0.5) is 5.82 Å². The molecule has 1 unspecified atom stereocenters. The lowest BCUT2D eigenvalue weighted by Gasteiger charge is -2.39. The molecule has 3 heterocycles. The molecule has 1 aromatic rings. The third kappa shape index (κ3) is 3.74. The maximum absolute atomic E-state index is 5.75. The summed E-state index contributed by atoms with van der Waals surface area (Å²) in [6, 6.07) is 0.683. The molecule has 5 heteroatoms. The Labute approximate surface area is 158 Å². The molecule has 0 aromatic carbocycles. The summed E-state index contributed by atoms with van der Waals surface area (Å²) >= 11 is 0. The second kappa shape index (κ2) is 8.22. The second-order valence-corrected chi connectivity index (χ2v) is 8.20. The highest BCUT2D eigenvalue weighted by molar-refractivity contribution is 5.51. The largest absolute Gasteiger partial charge is 0.381 e. The van der Waals surface area contributed by atoms with E-state index in [0.29, 0.717) is 12.0 Å². The number of nitrogens with zero attached hydrogens (tertiary/aromatic N) is 4. The Bertz CT molecular complexity index is 606. The lowest BCUT2D eigenvalue weighted by molar-refractivity contribution is 0.146. The Hall–Kier alpha value is -1.20. The van der Waals surface area contributed by atoms with Gasteiger partial charge in [-0.05, 0) is 26.2 Å². The zero-order valence-electron chi connectivity index (χ0n) is 16.5. The van der Waals surface area contributed by atoms with Crippen LogP contribution in [-0.4, -0.2) is 60.3 Å². The standard InChI is InChI=1S/C21H34N4O/c1-3-16(2)24-10-12-25(13-11-24)21-18-8-14-26-15-9-19(18)22-20(23-21)17-6-4-5-7-17/h16-17H,3-15H2,1-2H3. The van der Waals surface area contributed by atoms with Crippen LogP contribution in [0.1, 0.15) is 69.0 Å². The van der Waals surface area contributed by atoms with E-state index in [1.807, 2.05) is 0 Å². The highest BCUT2D eigenvalue weighted by atomic mass is 16.5. The van der Waals surface area contributed by atoms with Crippen LogP contribution in [-0.2, 0) is 17.6 Å². The van der Waals surface area contributed by atoms with Crippen LogP contribution in [0.3, 0.4) is 0 Å². The van der Waals surface area contributed by atoms with Crippen molar-refractivity contribution in [2.24, 2.45) is 0 Å². The minimum Gasteiger partial charge on any atom is -0.381 e. The van der Waals surface area contributed by atoms with E-state index in [1.165, 1.54) is 49.2 Å². The van der Waals surface area contributed by atoms with Gasteiger partial charge in [-0.3, -0.25) is 4.90 Å². The third-order valence-electron chi connectivity index (χ3n) is 6.62. The minimum atomic E-state index is 0.574. The summed E-state index contributed by atoms with van der Waals surface area (Å²) < 4.78 is 5.75. The molecule has 0 radical (unpaired) electrons. The molecule has 1 saturated heterocycles. The Morgan fingerprint density at radius 1 is 1.04 bits per heavy atom. The van der Waals surface area contributed by atoms with Crippen molar-refractivity contribution >= 4 is 5.82 Å². The van der Waals surface area contributed by atoms with E-state index >= 15 is 0 Å². The van der Waals surface area contributed by atoms with Crippen LogP contribution in [0.2, 0.25) is 0 Å². The normalized spacial score (nSPS) is 23.7. The molecular formula is C21H34N4O. The number of aromatic nitrogens is 2. The van der Waals surface area contributed by atoms with Gasteiger partial charge in [-0.15, -0.1) is 0 Å². The molecule has 1 aliphatic carbocycles. The van der Waals surface area contributed by atoms with Crippen LogP contribution in [0.15, 0.2) is 0 Å². The van der Waals surface area contributed by atoms with Crippen molar-refractivity contribution in [3.8, 4) is 0 Å². The summed E-state index contributed by atoms with van der Waals surface area (Å²) in [7, 11) is 0. The van der Waals surface area contributed by atoms with Crippen LogP contribution in [0, 0.1) is 0 Å². The van der Waals surface area contributed by atoms with Gasteiger partial charge in [0.1, 0.15) is 11.6 Å². The molecule has 1 atom stereocenters. The average molecular weight is 359 g/mol. The number of ether oxygens (including phenoxy) is 1. The van der Waals surface area contributed by atoms with Crippen molar-refractivity contribution in [3.63, 3.8) is 0 Å². The van der Waals surface area contributed by atoms with Crippen molar-refractivity contribution in [1.29, 1.82) is 0 Å². The van der Waals surface area contributed by atoms with Gasteiger partial charge in [0.25, 0.3) is 0 Å². The van der Waals surface area contributed by atoms with Gasteiger partial charge in [-0.2, -0.15) is 0 Å². The summed E-state index contributed by atoms with van der Waals surface area (Å²) in [5.74, 6) is 2.92. The smallest absolute Gasteiger partial charge is 0.135 e. The summed E-state index contributed by atoms with van der Waals surface area (Å²) in [6.07, 6.45) is 8.31. The molecular weight excluding hydrogens is 324 g/mol. The van der Waals surface area contributed by atoms with Gasteiger partial charge in [-0.1, -0.05) is 19.8 Å². The molecule has 144 valence electrons. The van der Waals surface area contributed by atoms with Gasteiger partial charge >= 0.3 is 0 Å². The number of hydrogen-bond acceptors (Lipinski definition) is 5. The molecule has 1 aromatic heterocycles. The first-order chi connectivity index (χ1) is 12.8. The monoisotopic (exact) mass is 358 g/mol. The predicted octanol–water partition coefficient (Wildman–Crippen LogP) is 3.17. The summed E-state index contributed by atoms with van der Waals surface area (Å²) in [5, 5.41) is 0. The first-order valence-electron chi connectivity index (χ1n) is 10.7. The van der Waals surface area contributed by atoms with E-state index in [0.717, 1.165) is 58.1 Å². The van der Waals surface area contributed by atoms with Crippen molar-refractivity contribution < 1.29 is 4.74 Å². The Morgan fingerprint density at radius 2 is 1.77 bits per heavy atom. The molecule has 26 heavy (non-hydrogen) atoms. The summed E-state index contributed by atoms with van der Waals surface area (Å²) in [4.78, 5) is 15.4. The van der Waals surface area contributed by atoms with E-state index in [2.05, 4.69) is 23.6 Å². The number of rotatable bonds is 4. The van der Waals surface area contributed by atoms with E-state index in [9.17, 15) is 0 Å². The molecule has 3 aliphatic rings. The third-order valence-corrected chi connectivity index (χ3v) is 6.62. The first kappa shape index (κ1) is 18.2. The molecule has 2 fully saturated rings. The average Bonchev–Trinajstić information content (AvgIpc) is 3.12. The SMILES string of the molecule is CCC(C)N1CCN(c2nc(C3CCCC3)nc3c2CCOCC3)CC1. The number of piperazine rings is 1. The van der Waals surface area contributed by atoms with Crippen molar-refractivity contribution in [2.45, 2.75) is 70.8 Å². The van der Waals surface area contributed by atoms with Crippen molar-refractivity contribution in [2.75, 3.05) is 44.3 Å². The lowest BCUT2D eigenvalue weighted by atomic mass is 10.0. The van der Waals surface area contributed by atoms with Crippen LogP contribution in [0.25, 0.3) is 0 Å². The minimum absolute atomic E-state index is 0.574. The fourth-order valence-electron chi connectivity index (χ4n) is 4.70. The van der Waals surface area contributed by atoms with Crippen LogP contribution < -0.4 is 4.90 Å². The molecule has 0 bridgehead atoms. The van der Waals surface area contributed by atoms with Crippen molar-refractivity contribution in [1.82, 2.24) is 14.9 Å². The predicted molar refractivity (Wildman–Crippen MR) is 105 cm³/mol. The molecule has 0 amide bonds. The van der Waals surface area contributed by atoms with Gasteiger partial charge in [0, 0.05) is 56.5 Å². The zero-order chi connectivity index (χ0) is 17.9. The molecule has 4 rings (SSSR count). The Balaban J connectivity index is 1.60. The lowest BCUT2D eigenvalue weighted by Crippen LogP contribution is -2.50. The molecule has 0 spiro atoms. The number of anilines is 1. The highest BCUT2D eigenvalue weighted by Crippen LogP contribution is 2.35. The van der Waals surface area contributed by atoms with Gasteiger partial charge < -0.3 is 9.64 Å². The fraction of sp³-hybridized carbons (Fsp3) is 0.810. The maximum Gasteiger partial charge on any atom is 0.135 e. The zero-order valence-corrected chi connectivity index (χ0v) is 16.5. The van der Waals surface area contributed by atoms with Crippen LogP contribution in [0.5, 0.6) is 0 Å². The molecule has 0 N–H and O–H groups in total. The van der Waals surface area contributed by atoms with Gasteiger partial charge in [0.2, 0.25) is 0 Å². The Kier molecular flexibility index (Phi) is 5.75. The number of hydrogen-bond donors (Lipinski definition) is 0. The quantitative estimate of drug-likeness (QED) is 0.827. The fourth-order valence-corrected chi connectivity index (χ4v) is 4.70. The highest BCUT2D eigenvalue weighted by Gasteiger charge is 2.28. The van der Waals surface area contributed by atoms with Gasteiger partial charge in [0.05, 0.1) is 18.9 Å². The second-order valence-electron chi connectivity index (χ2n) is 8.20. The van der Waals surface area contributed by atoms with E-state index < -0.39 is 0 Å². The molecule has 5 nitrogen and oxygen atoms in total. The van der Waals surface area contributed by atoms with E-state index in [4.69, 9.17) is 14.7 Å². The van der Waals surface area contributed by atoms with Gasteiger partial charge in [0.15, 0.2) is 0 Å². The van der Waals surface area contributed by atoms with Gasteiger partial charge in [-0.25, -0.2) is 9.97 Å². The topological polar surface area (TPSA) is 41.5 Å².